The number of amides is 1. The number of hydrogen-bond donors (Lipinski definition) is 0. The van der Waals surface area contributed by atoms with E-state index in [2.05, 4.69) is 0 Å². The molecule has 8 nitrogen and oxygen atoms in total. The molecule has 1 heterocycles. The van der Waals surface area contributed by atoms with Gasteiger partial charge in [0.25, 0.3) is 16.0 Å². The van der Waals surface area contributed by atoms with Crippen LogP contribution in [0, 0.1) is 5.41 Å². The van der Waals surface area contributed by atoms with Gasteiger partial charge in [0.15, 0.2) is 6.61 Å². The normalized spacial score (nSPS) is 13.2. The van der Waals surface area contributed by atoms with Crippen LogP contribution in [0.1, 0.15) is 51.9 Å². The molecule has 178 valence electrons. The van der Waals surface area contributed by atoms with Crippen LogP contribution in [0.4, 0.5) is 0 Å². The van der Waals surface area contributed by atoms with Crippen molar-refractivity contribution in [2.45, 2.75) is 54.1 Å². The molecule has 0 aliphatic heterocycles. The smallest absolute Gasteiger partial charge is 0.264 e. The van der Waals surface area contributed by atoms with Gasteiger partial charge < -0.3 is 9.64 Å². The zero-order valence-electron chi connectivity index (χ0n) is 20.0. The monoisotopic (exact) mass is 466 g/mol. The minimum atomic E-state index is -3.61. The highest BCUT2D eigenvalue weighted by Gasteiger charge is 2.27. The topological polar surface area (TPSA) is 94.9 Å². The van der Waals surface area contributed by atoms with E-state index < -0.39 is 21.6 Å². The summed E-state index contributed by atoms with van der Waals surface area (Å²) in [6.45, 7) is 12.0. The van der Waals surface area contributed by atoms with E-state index in [-0.39, 0.29) is 24.8 Å². The number of para-hydroxylation sites is 1. The number of benzene rings is 1. The molecule has 1 amide bonds. The van der Waals surface area contributed by atoms with Crippen LogP contribution in [0.15, 0.2) is 24.4 Å². The fraction of sp³-hybridized carbons (Fsp3) is 0.565. The first-order chi connectivity index (χ1) is 14.8. The van der Waals surface area contributed by atoms with Crippen LogP contribution in [0.25, 0.3) is 10.9 Å². The Hall–Kier alpha value is -2.39. The lowest BCUT2D eigenvalue weighted by Crippen LogP contribution is -2.34. The molecule has 0 aliphatic carbocycles. The number of aromatic nitrogens is 1. The molecule has 2 aromatic rings. The molecule has 0 saturated heterocycles. The number of carbonyl (C=O) groups is 2. The molecule has 1 aromatic heterocycles. The average molecular weight is 467 g/mol. The molecule has 32 heavy (non-hydrogen) atoms. The summed E-state index contributed by atoms with van der Waals surface area (Å²) in [5, 5.41) is 0.749. The first kappa shape index (κ1) is 25.9. The zero-order chi connectivity index (χ0) is 24.3. The maximum absolute atomic E-state index is 13.2. The number of carbonyl (C=O) groups excluding carboxylic acids is 2. The number of ether oxygens (including phenoxy) is 1. The van der Waals surface area contributed by atoms with Crippen LogP contribution in [0.3, 0.4) is 0 Å². The van der Waals surface area contributed by atoms with E-state index in [4.69, 9.17) is 8.92 Å². The summed E-state index contributed by atoms with van der Waals surface area (Å²) >= 11 is 0. The lowest BCUT2D eigenvalue weighted by atomic mass is 9.95. The van der Waals surface area contributed by atoms with Crippen LogP contribution in [-0.2, 0) is 25.5 Å². The molecule has 0 radical (unpaired) electrons. The van der Waals surface area contributed by atoms with E-state index in [1.165, 1.54) is 4.57 Å². The van der Waals surface area contributed by atoms with Crippen molar-refractivity contribution < 1.29 is 26.9 Å². The highest BCUT2D eigenvalue weighted by molar-refractivity contribution is 7.86. The summed E-state index contributed by atoms with van der Waals surface area (Å²) in [6.07, 6.45) is 2.40. The third-order valence-corrected chi connectivity index (χ3v) is 5.72. The van der Waals surface area contributed by atoms with E-state index in [0.717, 1.165) is 17.2 Å². The minimum absolute atomic E-state index is 0.136. The molecule has 1 atom stereocenters. The fourth-order valence-electron chi connectivity index (χ4n) is 3.57. The molecule has 0 unspecified atom stereocenters. The van der Waals surface area contributed by atoms with E-state index in [9.17, 15) is 18.0 Å². The van der Waals surface area contributed by atoms with Gasteiger partial charge in [0.1, 0.15) is 5.75 Å². The summed E-state index contributed by atoms with van der Waals surface area (Å²) in [5.74, 6) is 0.141. The predicted molar refractivity (Wildman–Crippen MR) is 125 cm³/mol. The van der Waals surface area contributed by atoms with Gasteiger partial charge in [-0.3, -0.25) is 18.3 Å². The molecule has 0 N–H and O–H groups in total. The summed E-state index contributed by atoms with van der Waals surface area (Å²) in [5.41, 5.74) is 0.651. The summed E-state index contributed by atoms with van der Waals surface area (Å²) in [7, 11) is -3.61. The van der Waals surface area contributed by atoms with Gasteiger partial charge in [-0.25, -0.2) is 0 Å². The Labute approximate surface area is 190 Å². The highest BCUT2D eigenvalue weighted by atomic mass is 32.2. The Kier molecular flexibility index (Phi) is 8.12. The molecule has 9 heteroatoms. The van der Waals surface area contributed by atoms with Crippen molar-refractivity contribution in [3.63, 3.8) is 0 Å². The summed E-state index contributed by atoms with van der Waals surface area (Å²) in [6, 6.07) is 5.37. The quantitative estimate of drug-likeness (QED) is 0.525. The van der Waals surface area contributed by atoms with Crippen LogP contribution >= 0.6 is 0 Å². The van der Waals surface area contributed by atoms with Crippen molar-refractivity contribution in [1.29, 1.82) is 0 Å². The molecular formula is C23H34N2O6S. The average Bonchev–Trinajstić information content (AvgIpc) is 3.03. The van der Waals surface area contributed by atoms with Gasteiger partial charge in [0, 0.05) is 36.5 Å². The van der Waals surface area contributed by atoms with Crippen LogP contribution in [-0.4, -0.2) is 61.8 Å². The first-order valence-corrected chi connectivity index (χ1v) is 12.6. The number of fused-ring (bicyclic) bond motifs is 1. The Balaban J connectivity index is 2.51. The lowest BCUT2D eigenvalue weighted by Gasteiger charge is -2.20. The van der Waals surface area contributed by atoms with Gasteiger partial charge in [-0.15, -0.1) is 0 Å². The predicted octanol–water partition coefficient (Wildman–Crippen LogP) is 3.48. The number of hydrogen-bond acceptors (Lipinski definition) is 6. The Bertz CT molecular complexity index is 1080. The fourth-order valence-corrected chi connectivity index (χ4v) is 4.23. The van der Waals surface area contributed by atoms with Gasteiger partial charge in [-0.05, 0) is 32.4 Å². The molecule has 0 spiro atoms. The van der Waals surface area contributed by atoms with E-state index in [1.807, 2.05) is 40.7 Å². The Morgan fingerprint density at radius 1 is 1.16 bits per heavy atom. The molecule has 0 saturated carbocycles. The molecule has 2 rings (SSSR count). The lowest BCUT2D eigenvalue weighted by molar-refractivity contribution is -0.132. The van der Waals surface area contributed by atoms with Crippen molar-refractivity contribution in [1.82, 2.24) is 9.47 Å². The molecule has 0 aliphatic rings. The van der Waals surface area contributed by atoms with E-state index in [1.54, 1.807) is 30.2 Å². The second-order valence-corrected chi connectivity index (χ2v) is 10.5. The van der Waals surface area contributed by atoms with Crippen molar-refractivity contribution in [2.24, 2.45) is 5.41 Å². The largest absolute Gasteiger partial charge is 0.482 e. The van der Waals surface area contributed by atoms with Gasteiger partial charge in [0.05, 0.1) is 17.9 Å². The standard InChI is InChI=1S/C23H34N2O6S/c1-8-24(9-2)20(26)15-30-19-12-10-11-18-17(13-16(3)31-32(7,28)29)14-25(21(18)19)22(27)23(4,5)6/h10-12,14,16H,8-9,13,15H2,1-7H3/t16-/m1/s1. The zero-order valence-corrected chi connectivity index (χ0v) is 20.8. The number of rotatable bonds is 9. The summed E-state index contributed by atoms with van der Waals surface area (Å²) < 4.78 is 35.5. The Morgan fingerprint density at radius 2 is 1.78 bits per heavy atom. The van der Waals surface area contributed by atoms with E-state index in [0.29, 0.717) is 24.4 Å². The molecule has 0 bridgehead atoms. The van der Waals surface area contributed by atoms with Crippen molar-refractivity contribution >= 4 is 32.8 Å². The SMILES string of the molecule is CCN(CC)C(=O)COc1cccc2c(C[C@@H](C)OS(C)(=O)=O)cn(C(=O)C(C)(C)C)c12. The van der Waals surface area contributed by atoms with Crippen molar-refractivity contribution in [3.05, 3.63) is 30.0 Å². The first-order valence-electron chi connectivity index (χ1n) is 10.7. The van der Waals surface area contributed by atoms with Gasteiger partial charge in [-0.2, -0.15) is 8.42 Å². The van der Waals surface area contributed by atoms with Crippen LogP contribution < -0.4 is 4.74 Å². The van der Waals surface area contributed by atoms with Crippen LogP contribution in [0.2, 0.25) is 0 Å². The summed E-state index contributed by atoms with van der Waals surface area (Å²) in [4.78, 5) is 27.3. The van der Waals surface area contributed by atoms with Crippen LogP contribution in [0.5, 0.6) is 5.75 Å². The molecule has 0 fully saturated rings. The maximum Gasteiger partial charge on any atom is 0.264 e. The Morgan fingerprint density at radius 3 is 2.31 bits per heavy atom. The molecular weight excluding hydrogens is 432 g/mol. The number of likely N-dealkylation sites (N-methyl/N-ethyl adjacent to an activating group) is 1. The van der Waals surface area contributed by atoms with E-state index >= 15 is 0 Å². The van der Waals surface area contributed by atoms with Gasteiger partial charge >= 0.3 is 0 Å². The third kappa shape index (κ3) is 6.32. The minimum Gasteiger partial charge on any atom is -0.482 e. The van der Waals surface area contributed by atoms with Crippen molar-refractivity contribution in [2.75, 3.05) is 26.0 Å². The van der Waals surface area contributed by atoms with Gasteiger partial charge in [0.2, 0.25) is 5.91 Å². The number of nitrogens with zero attached hydrogens (tertiary/aromatic N) is 2. The second kappa shape index (κ2) is 10.0. The third-order valence-electron chi connectivity index (χ3n) is 5.04. The highest BCUT2D eigenvalue weighted by Crippen LogP contribution is 2.33. The second-order valence-electron chi connectivity index (χ2n) is 8.90. The maximum atomic E-state index is 13.2. The van der Waals surface area contributed by atoms with Gasteiger partial charge in [-0.1, -0.05) is 32.9 Å². The van der Waals surface area contributed by atoms with Crippen molar-refractivity contribution in [3.8, 4) is 5.75 Å². The molecule has 1 aromatic carbocycles.